The maximum absolute atomic E-state index is 10.9. The number of hydrogen-bond acceptors (Lipinski definition) is 1. The van der Waals surface area contributed by atoms with Gasteiger partial charge in [0.2, 0.25) is 0 Å². The second kappa shape index (κ2) is 1.94. The highest BCUT2D eigenvalue weighted by atomic mass is 16.1. The van der Waals surface area contributed by atoms with Crippen molar-refractivity contribution in [1.29, 1.82) is 0 Å². The maximum atomic E-state index is 10.9. The third-order valence-electron chi connectivity index (χ3n) is 2.72. The minimum Gasteiger partial charge on any atom is -0.295 e. The molecule has 0 bridgehead atoms. The first-order valence-electron chi connectivity index (χ1n) is 4.06. The van der Waals surface area contributed by atoms with Gasteiger partial charge in [-0.15, -0.1) is 0 Å². The molecular weight excluding hydrogens is 124 g/mol. The molecule has 54 valence electrons. The Morgan fingerprint density at radius 1 is 1.70 bits per heavy atom. The molecule has 0 radical (unpaired) electrons. The van der Waals surface area contributed by atoms with Gasteiger partial charge in [0, 0.05) is 6.42 Å². The number of Topliss-reactive ketones (excluding diaryl/α,β-unsaturated/α-hetero) is 1. The minimum atomic E-state index is 0.404. The number of carbonyl (C=O) groups excluding carboxylic acids is 1. The zero-order chi connectivity index (χ0) is 7.14. The van der Waals surface area contributed by atoms with Crippen LogP contribution in [0, 0.1) is 11.8 Å². The van der Waals surface area contributed by atoms with E-state index in [1.165, 1.54) is 12.8 Å². The SMILES string of the molecule is CCC1C=C2C(=O)CC2C1. The summed E-state index contributed by atoms with van der Waals surface area (Å²) >= 11 is 0. The third-order valence-corrected chi connectivity index (χ3v) is 2.72. The van der Waals surface area contributed by atoms with Crippen LogP contribution in [0.5, 0.6) is 0 Å². The zero-order valence-electron chi connectivity index (χ0n) is 6.26. The van der Waals surface area contributed by atoms with E-state index in [1.807, 2.05) is 0 Å². The Hall–Kier alpha value is -0.590. The number of carbonyl (C=O) groups is 1. The molecule has 10 heavy (non-hydrogen) atoms. The molecule has 0 aliphatic heterocycles. The smallest absolute Gasteiger partial charge is 0.159 e. The summed E-state index contributed by atoms with van der Waals surface area (Å²) in [6, 6.07) is 0. The van der Waals surface area contributed by atoms with Crippen molar-refractivity contribution in [3.05, 3.63) is 11.6 Å². The van der Waals surface area contributed by atoms with E-state index in [2.05, 4.69) is 13.0 Å². The van der Waals surface area contributed by atoms with Crippen LogP contribution in [0.15, 0.2) is 11.6 Å². The second-order valence-corrected chi connectivity index (χ2v) is 3.35. The van der Waals surface area contributed by atoms with Gasteiger partial charge in [0.1, 0.15) is 0 Å². The van der Waals surface area contributed by atoms with Gasteiger partial charge < -0.3 is 0 Å². The number of allylic oxidation sites excluding steroid dienone is 2. The van der Waals surface area contributed by atoms with Crippen molar-refractivity contribution in [2.75, 3.05) is 0 Å². The zero-order valence-corrected chi connectivity index (χ0v) is 6.26. The number of fused-ring (bicyclic) bond motifs is 1. The van der Waals surface area contributed by atoms with Crippen LogP contribution in [0.3, 0.4) is 0 Å². The largest absolute Gasteiger partial charge is 0.295 e. The van der Waals surface area contributed by atoms with Crippen LogP contribution in [0.25, 0.3) is 0 Å². The van der Waals surface area contributed by atoms with Crippen molar-refractivity contribution in [2.45, 2.75) is 26.2 Å². The Morgan fingerprint density at radius 2 is 2.50 bits per heavy atom. The Labute approximate surface area is 61.1 Å². The summed E-state index contributed by atoms with van der Waals surface area (Å²) in [6.45, 7) is 2.19. The molecule has 1 saturated carbocycles. The molecule has 0 aromatic carbocycles. The van der Waals surface area contributed by atoms with Crippen LogP contribution in [0.4, 0.5) is 0 Å². The fraction of sp³-hybridized carbons (Fsp3) is 0.667. The quantitative estimate of drug-likeness (QED) is 0.538. The Kier molecular flexibility index (Phi) is 1.19. The van der Waals surface area contributed by atoms with Crippen molar-refractivity contribution in [1.82, 2.24) is 0 Å². The van der Waals surface area contributed by atoms with E-state index < -0.39 is 0 Å². The third kappa shape index (κ3) is 0.664. The molecule has 0 N–H and O–H groups in total. The van der Waals surface area contributed by atoms with Crippen molar-refractivity contribution in [3.63, 3.8) is 0 Å². The van der Waals surface area contributed by atoms with E-state index in [4.69, 9.17) is 0 Å². The first-order valence-corrected chi connectivity index (χ1v) is 4.06. The molecule has 0 aromatic heterocycles. The molecule has 2 atom stereocenters. The molecule has 0 heterocycles. The highest BCUT2D eigenvalue weighted by Crippen LogP contribution is 2.42. The molecule has 1 nitrogen and oxygen atoms in total. The van der Waals surface area contributed by atoms with E-state index in [1.54, 1.807) is 0 Å². The molecule has 2 aliphatic carbocycles. The van der Waals surface area contributed by atoms with Crippen molar-refractivity contribution in [3.8, 4) is 0 Å². The average Bonchev–Trinajstić information content (AvgIpc) is 2.26. The molecular formula is C9H12O. The van der Waals surface area contributed by atoms with Gasteiger partial charge in [-0.05, 0) is 30.3 Å². The van der Waals surface area contributed by atoms with Crippen molar-refractivity contribution in [2.24, 2.45) is 11.8 Å². The Bertz CT molecular complexity index is 203. The number of hydrogen-bond donors (Lipinski definition) is 0. The Balaban J connectivity index is 2.14. The van der Waals surface area contributed by atoms with Crippen LogP contribution < -0.4 is 0 Å². The Morgan fingerprint density at radius 3 is 3.00 bits per heavy atom. The highest BCUT2D eigenvalue weighted by Gasteiger charge is 2.38. The van der Waals surface area contributed by atoms with Gasteiger partial charge in [-0.2, -0.15) is 0 Å². The minimum absolute atomic E-state index is 0.404. The van der Waals surface area contributed by atoms with Crippen LogP contribution in [-0.4, -0.2) is 5.78 Å². The number of rotatable bonds is 1. The monoisotopic (exact) mass is 136 g/mol. The summed E-state index contributed by atoms with van der Waals surface area (Å²) in [4.78, 5) is 10.9. The van der Waals surface area contributed by atoms with Gasteiger partial charge in [-0.25, -0.2) is 0 Å². The molecule has 0 saturated heterocycles. The topological polar surface area (TPSA) is 17.1 Å². The summed E-state index contributed by atoms with van der Waals surface area (Å²) in [7, 11) is 0. The normalized spacial score (nSPS) is 36.9. The summed E-state index contributed by atoms with van der Waals surface area (Å²) < 4.78 is 0. The van der Waals surface area contributed by atoms with E-state index >= 15 is 0 Å². The lowest BCUT2D eigenvalue weighted by atomic mass is 9.80. The summed E-state index contributed by atoms with van der Waals surface area (Å²) in [5.74, 6) is 1.78. The average molecular weight is 136 g/mol. The lowest BCUT2D eigenvalue weighted by molar-refractivity contribution is -0.120. The molecule has 1 heteroatoms. The van der Waals surface area contributed by atoms with E-state index in [0.29, 0.717) is 17.6 Å². The molecule has 2 unspecified atom stereocenters. The van der Waals surface area contributed by atoms with Crippen molar-refractivity contribution >= 4 is 5.78 Å². The van der Waals surface area contributed by atoms with Crippen LogP contribution in [-0.2, 0) is 4.79 Å². The van der Waals surface area contributed by atoms with Crippen molar-refractivity contribution < 1.29 is 4.79 Å². The lowest BCUT2D eigenvalue weighted by Crippen LogP contribution is -2.24. The molecule has 0 spiro atoms. The van der Waals surface area contributed by atoms with E-state index in [0.717, 1.165) is 12.0 Å². The lowest BCUT2D eigenvalue weighted by Gasteiger charge is -2.22. The standard InChI is InChI=1S/C9H12O/c1-2-6-3-7-5-9(10)8(7)4-6/h4,6-7H,2-3,5H2,1H3. The van der Waals surface area contributed by atoms with Gasteiger partial charge in [-0.3, -0.25) is 4.79 Å². The van der Waals surface area contributed by atoms with Crippen LogP contribution in [0.2, 0.25) is 0 Å². The molecule has 2 rings (SSSR count). The molecule has 0 aromatic rings. The maximum Gasteiger partial charge on any atom is 0.159 e. The van der Waals surface area contributed by atoms with Crippen LogP contribution in [0.1, 0.15) is 26.2 Å². The fourth-order valence-electron chi connectivity index (χ4n) is 1.96. The van der Waals surface area contributed by atoms with Gasteiger partial charge in [-0.1, -0.05) is 13.0 Å². The van der Waals surface area contributed by atoms with Gasteiger partial charge in [0.05, 0.1) is 0 Å². The first kappa shape index (κ1) is 6.14. The van der Waals surface area contributed by atoms with Crippen LogP contribution >= 0.6 is 0 Å². The summed E-state index contributed by atoms with van der Waals surface area (Å²) in [5.41, 5.74) is 1.15. The summed E-state index contributed by atoms with van der Waals surface area (Å²) in [5, 5.41) is 0. The highest BCUT2D eigenvalue weighted by molar-refractivity contribution is 6.03. The predicted octanol–water partition coefficient (Wildman–Crippen LogP) is 1.93. The van der Waals surface area contributed by atoms with E-state index in [9.17, 15) is 4.79 Å². The van der Waals surface area contributed by atoms with Gasteiger partial charge in [0.25, 0.3) is 0 Å². The molecule has 2 aliphatic rings. The van der Waals surface area contributed by atoms with E-state index in [-0.39, 0.29) is 0 Å². The predicted molar refractivity (Wildman–Crippen MR) is 39.6 cm³/mol. The first-order chi connectivity index (χ1) is 4.81. The molecule has 1 fully saturated rings. The van der Waals surface area contributed by atoms with Gasteiger partial charge >= 0.3 is 0 Å². The fourth-order valence-corrected chi connectivity index (χ4v) is 1.96. The molecule has 0 amide bonds. The number of ketones is 1. The van der Waals surface area contributed by atoms with Gasteiger partial charge in [0.15, 0.2) is 5.78 Å². The summed E-state index contributed by atoms with van der Waals surface area (Å²) in [6.07, 6.45) is 5.48. The second-order valence-electron chi connectivity index (χ2n) is 3.35.